The quantitative estimate of drug-likeness (QED) is 0.596. The standard InChI is InChI=1S/C16H14N2O3/c1-2-15(20)17-12-8-9-14(19)13(10-12)16(21)18-11-6-4-3-5-7-11/h2-10,19H,1H2,(H,17,20)(H,18,21). The first-order valence-electron chi connectivity index (χ1n) is 6.23. The van der Waals surface area contributed by atoms with Crippen molar-refractivity contribution in [2.24, 2.45) is 0 Å². The summed E-state index contributed by atoms with van der Waals surface area (Å²) >= 11 is 0. The van der Waals surface area contributed by atoms with Gasteiger partial charge in [-0.25, -0.2) is 0 Å². The number of phenolic OH excluding ortho intramolecular Hbond substituents is 1. The third kappa shape index (κ3) is 3.70. The Kier molecular flexibility index (Phi) is 4.36. The highest BCUT2D eigenvalue weighted by atomic mass is 16.3. The van der Waals surface area contributed by atoms with Gasteiger partial charge >= 0.3 is 0 Å². The molecule has 0 bridgehead atoms. The van der Waals surface area contributed by atoms with E-state index >= 15 is 0 Å². The Labute approximate surface area is 121 Å². The van der Waals surface area contributed by atoms with Gasteiger partial charge in [-0.3, -0.25) is 9.59 Å². The molecule has 0 spiro atoms. The second-order valence-electron chi connectivity index (χ2n) is 4.25. The summed E-state index contributed by atoms with van der Waals surface area (Å²) in [6.07, 6.45) is 1.12. The van der Waals surface area contributed by atoms with Crippen LogP contribution in [0.25, 0.3) is 0 Å². The predicted molar refractivity (Wildman–Crippen MR) is 81.3 cm³/mol. The average molecular weight is 282 g/mol. The zero-order valence-corrected chi connectivity index (χ0v) is 11.2. The highest BCUT2D eigenvalue weighted by Crippen LogP contribution is 2.22. The zero-order valence-electron chi connectivity index (χ0n) is 11.2. The van der Waals surface area contributed by atoms with Crippen LogP contribution in [0.5, 0.6) is 5.75 Å². The lowest BCUT2D eigenvalue weighted by Gasteiger charge is -2.09. The monoisotopic (exact) mass is 282 g/mol. The minimum Gasteiger partial charge on any atom is -0.507 e. The molecular formula is C16H14N2O3. The average Bonchev–Trinajstić information content (AvgIpc) is 2.50. The maximum absolute atomic E-state index is 12.1. The first-order chi connectivity index (χ1) is 10.1. The van der Waals surface area contributed by atoms with Gasteiger partial charge in [-0.05, 0) is 36.4 Å². The summed E-state index contributed by atoms with van der Waals surface area (Å²) in [4.78, 5) is 23.4. The van der Waals surface area contributed by atoms with Crippen LogP contribution in [-0.2, 0) is 4.79 Å². The van der Waals surface area contributed by atoms with Crippen LogP contribution in [0.2, 0.25) is 0 Å². The highest BCUT2D eigenvalue weighted by molar-refractivity contribution is 6.07. The van der Waals surface area contributed by atoms with E-state index in [-0.39, 0.29) is 11.3 Å². The number of carbonyl (C=O) groups excluding carboxylic acids is 2. The Morgan fingerprint density at radius 1 is 1.00 bits per heavy atom. The second-order valence-corrected chi connectivity index (χ2v) is 4.25. The molecule has 3 N–H and O–H groups in total. The lowest BCUT2D eigenvalue weighted by molar-refractivity contribution is -0.111. The van der Waals surface area contributed by atoms with Crippen molar-refractivity contribution < 1.29 is 14.7 Å². The lowest BCUT2D eigenvalue weighted by Crippen LogP contribution is -2.13. The van der Waals surface area contributed by atoms with Gasteiger partial charge in [-0.1, -0.05) is 24.8 Å². The number of para-hydroxylation sites is 1. The van der Waals surface area contributed by atoms with E-state index in [4.69, 9.17) is 0 Å². The number of anilines is 2. The molecule has 0 aliphatic carbocycles. The normalized spacial score (nSPS) is 9.71. The molecule has 106 valence electrons. The largest absolute Gasteiger partial charge is 0.507 e. The first kappa shape index (κ1) is 14.3. The third-order valence-corrected chi connectivity index (χ3v) is 2.73. The van der Waals surface area contributed by atoms with Crippen LogP contribution in [0.15, 0.2) is 61.2 Å². The van der Waals surface area contributed by atoms with Crippen LogP contribution in [-0.4, -0.2) is 16.9 Å². The topological polar surface area (TPSA) is 78.4 Å². The molecule has 2 aromatic carbocycles. The Bertz CT molecular complexity index is 681. The molecule has 0 aromatic heterocycles. The summed E-state index contributed by atoms with van der Waals surface area (Å²) < 4.78 is 0. The molecule has 2 amide bonds. The smallest absolute Gasteiger partial charge is 0.259 e. The molecule has 0 radical (unpaired) electrons. The van der Waals surface area contributed by atoms with Crippen molar-refractivity contribution in [2.75, 3.05) is 10.6 Å². The number of carbonyl (C=O) groups is 2. The van der Waals surface area contributed by atoms with Crippen LogP contribution in [0.3, 0.4) is 0 Å². The number of nitrogens with one attached hydrogen (secondary N) is 2. The molecule has 0 atom stereocenters. The Hall–Kier alpha value is -3.08. The van der Waals surface area contributed by atoms with Gasteiger partial charge < -0.3 is 15.7 Å². The summed E-state index contributed by atoms with van der Waals surface area (Å²) in [5.74, 6) is -1.02. The fourth-order valence-electron chi connectivity index (χ4n) is 1.71. The van der Waals surface area contributed by atoms with E-state index in [2.05, 4.69) is 17.2 Å². The van der Waals surface area contributed by atoms with E-state index in [0.29, 0.717) is 11.4 Å². The van der Waals surface area contributed by atoms with E-state index in [9.17, 15) is 14.7 Å². The Morgan fingerprint density at radius 2 is 1.71 bits per heavy atom. The van der Waals surface area contributed by atoms with Crippen molar-refractivity contribution in [3.63, 3.8) is 0 Å². The molecular weight excluding hydrogens is 268 g/mol. The fraction of sp³-hybridized carbons (Fsp3) is 0. The summed E-state index contributed by atoms with van der Waals surface area (Å²) in [5.41, 5.74) is 1.08. The number of benzene rings is 2. The minimum absolute atomic E-state index is 0.0701. The molecule has 0 heterocycles. The van der Waals surface area contributed by atoms with Crippen LogP contribution >= 0.6 is 0 Å². The maximum Gasteiger partial charge on any atom is 0.259 e. The van der Waals surface area contributed by atoms with Crippen LogP contribution in [0.4, 0.5) is 11.4 Å². The lowest BCUT2D eigenvalue weighted by atomic mass is 10.1. The van der Waals surface area contributed by atoms with Crippen molar-refractivity contribution in [3.8, 4) is 5.75 Å². The van der Waals surface area contributed by atoms with Gasteiger partial charge in [-0.15, -0.1) is 0 Å². The molecule has 0 saturated heterocycles. The van der Waals surface area contributed by atoms with Crippen molar-refractivity contribution in [1.82, 2.24) is 0 Å². The van der Waals surface area contributed by atoms with Crippen molar-refractivity contribution in [3.05, 3.63) is 66.7 Å². The maximum atomic E-state index is 12.1. The SMILES string of the molecule is C=CC(=O)Nc1ccc(O)c(C(=O)Nc2ccccc2)c1. The molecule has 0 fully saturated rings. The molecule has 21 heavy (non-hydrogen) atoms. The van der Waals surface area contributed by atoms with Gasteiger partial charge in [0.25, 0.3) is 5.91 Å². The Balaban J connectivity index is 2.21. The van der Waals surface area contributed by atoms with Crippen LogP contribution in [0, 0.1) is 0 Å². The number of hydrogen-bond donors (Lipinski definition) is 3. The van der Waals surface area contributed by atoms with Crippen molar-refractivity contribution in [2.45, 2.75) is 0 Å². The number of amides is 2. The van der Waals surface area contributed by atoms with Gasteiger partial charge in [0.1, 0.15) is 5.75 Å². The number of hydrogen-bond acceptors (Lipinski definition) is 3. The highest BCUT2D eigenvalue weighted by Gasteiger charge is 2.12. The molecule has 0 aliphatic heterocycles. The number of aromatic hydroxyl groups is 1. The number of rotatable bonds is 4. The molecule has 0 unspecified atom stereocenters. The van der Waals surface area contributed by atoms with E-state index in [1.54, 1.807) is 24.3 Å². The number of phenols is 1. The second kappa shape index (κ2) is 6.38. The molecule has 5 heteroatoms. The van der Waals surface area contributed by atoms with E-state index in [1.807, 2.05) is 6.07 Å². The molecule has 0 aliphatic rings. The summed E-state index contributed by atoms with van der Waals surface area (Å²) in [7, 11) is 0. The molecule has 0 saturated carbocycles. The van der Waals surface area contributed by atoms with Gasteiger partial charge in [0.05, 0.1) is 5.56 Å². The zero-order chi connectivity index (χ0) is 15.2. The fourth-order valence-corrected chi connectivity index (χ4v) is 1.71. The summed E-state index contributed by atoms with van der Waals surface area (Å²) in [6.45, 7) is 3.35. The predicted octanol–water partition coefficient (Wildman–Crippen LogP) is 2.77. The molecule has 5 nitrogen and oxygen atoms in total. The van der Waals surface area contributed by atoms with E-state index in [1.165, 1.54) is 18.2 Å². The van der Waals surface area contributed by atoms with Crippen molar-refractivity contribution >= 4 is 23.2 Å². The van der Waals surface area contributed by atoms with Crippen molar-refractivity contribution in [1.29, 1.82) is 0 Å². The van der Waals surface area contributed by atoms with Gasteiger partial charge in [0, 0.05) is 11.4 Å². The Morgan fingerprint density at radius 3 is 2.38 bits per heavy atom. The van der Waals surface area contributed by atoms with Crippen LogP contribution in [0.1, 0.15) is 10.4 Å². The van der Waals surface area contributed by atoms with Gasteiger partial charge in [0.2, 0.25) is 5.91 Å². The van der Waals surface area contributed by atoms with E-state index < -0.39 is 11.8 Å². The summed E-state index contributed by atoms with van der Waals surface area (Å²) in [6, 6.07) is 13.1. The summed E-state index contributed by atoms with van der Waals surface area (Å²) in [5, 5.41) is 15.0. The third-order valence-electron chi connectivity index (χ3n) is 2.73. The van der Waals surface area contributed by atoms with Crippen LogP contribution < -0.4 is 10.6 Å². The van der Waals surface area contributed by atoms with Gasteiger partial charge in [0.15, 0.2) is 0 Å². The van der Waals surface area contributed by atoms with Gasteiger partial charge in [-0.2, -0.15) is 0 Å². The van der Waals surface area contributed by atoms with E-state index in [0.717, 1.165) is 6.08 Å². The first-order valence-corrected chi connectivity index (χ1v) is 6.23. The molecule has 2 aromatic rings. The molecule has 2 rings (SSSR count). The minimum atomic E-state index is -0.464.